The predicted molar refractivity (Wildman–Crippen MR) is 104 cm³/mol. The van der Waals surface area contributed by atoms with Crippen molar-refractivity contribution >= 4 is 46.4 Å². The van der Waals surface area contributed by atoms with Crippen LogP contribution in [0, 0.1) is 11.3 Å². The SMILES string of the molecule is CC(C)(C)[C@H]1CCc2c(C(=O)N/N=C\c3ccc(Cl)s3)csc2C1. The Morgan fingerprint density at radius 1 is 1.42 bits per heavy atom. The van der Waals surface area contributed by atoms with Crippen LogP contribution in [-0.4, -0.2) is 12.1 Å². The highest BCUT2D eigenvalue weighted by atomic mass is 35.5. The van der Waals surface area contributed by atoms with Crippen molar-refractivity contribution in [1.29, 1.82) is 0 Å². The standard InChI is InChI=1S/C18H21ClN2OS2/c1-18(2,3)11-4-6-13-14(10-23-15(13)8-11)17(22)21-20-9-12-5-7-16(19)24-12/h5,7,9-11H,4,6,8H2,1-3H3,(H,21,22)/b20-9-/t11-/m0/s1. The molecule has 1 aliphatic rings. The summed E-state index contributed by atoms with van der Waals surface area (Å²) in [5.74, 6) is 0.557. The van der Waals surface area contributed by atoms with Crippen LogP contribution >= 0.6 is 34.3 Å². The largest absolute Gasteiger partial charge is 0.272 e. The van der Waals surface area contributed by atoms with E-state index in [-0.39, 0.29) is 5.91 Å². The van der Waals surface area contributed by atoms with Gasteiger partial charge in [-0.25, -0.2) is 5.43 Å². The fraction of sp³-hybridized carbons (Fsp3) is 0.444. The van der Waals surface area contributed by atoms with E-state index < -0.39 is 0 Å². The van der Waals surface area contributed by atoms with Crippen LogP contribution in [0.3, 0.4) is 0 Å². The molecule has 1 aliphatic carbocycles. The average molecular weight is 381 g/mol. The van der Waals surface area contributed by atoms with Crippen molar-refractivity contribution in [2.24, 2.45) is 16.4 Å². The number of carbonyl (C=O) groups is 1. The molecule has 2 heterocycles. The summed E-state index contributed by atoms with van der Waals surface area (Å²) in [5.41, 5.74) is 4.95. The summed E-state index contributed by atoms with van der Waals surface area (Å²) in [6.07, 6.45) is 4.83. The summed E-state index contributed by atoms with van der Waals surface area (Å²) in [7, 11) is 0. The average Bonchev–Trinajstić information content (AvgIpc) is 3.11. The highest BCUT2D eigenvalue weighted by molar-refractivity contribution is 7.17. The lowest BCUT2D eigenvalue weighted by Gasteiger charge is -2.33. The molecule has 0 radical (unpaired) electrons. The van der Waals surface area contributed by atoms with Gasteiger partial charge in [0.25, 0.3) is 5.91 Å². The first-order valence-electron chi connectivity index (χ1n) is 8.02. The third-order valence-electron chi connectivity index (χ3n) is 4.58. The second-order valence-electron chi connectivity index (χ2n) is 7.20. The monoisotopic (exact) mass is 380 g/mol. The number of thiophene rings is 2. The van der Waals surface area contributed by atoms with Gasteiger partial charge in [-0.1, -0.05) is 32.4 Å². The molecule has 1 atom stereocenters. The molecule has 1 N–H and O–H groups in total. The van der Waals surface area contributed by atoms with Gasteiger partial charge in [-0.05, 0) is 48.3 Å². The quantitative estimate of drug-likeness (QED) is 0.563. The maximum Gasteiger partial charge on any atom is 0.272 e. The smallest absolute Gasteiger partial charge is 0.267 e. The first-order chi connectivity index (χ1) is 11.3. The van der Waals surface area contributed by atoms with E-state index in [9.17, 15) is 4.79 Å². The number of hydrogen-bond acceptors (Lipinski definition) is 4. The van der Waals surface area contributed by atoms with Crippen molar-refractivity contribution in [1.82, 2.24) is 5.43 Å². The molecule has 0 saturated heterocycles. The highest BCUT2D eigenvalue weighted by Crippen LogP contribution is 2.40. The zero-order chi connectivity index (χ0) is 17.3. The van der Waals surface area contributed by atoms with Gasteiger partial charge in [0, 0.05) is 15.1 Å². The number of carbonyl (C=O) groups excluding carboxylic acids is 1. The molecule has 0 unspecified atom stereocenters. The second-order valence-corrected chi connectivity index (χ2v) is 9.91. The molecule has 3 nitrogen and oxygen atoms in total. The lowest BCUT2D eigenvalue weighted by molar-refractivity contribution is 0.0954. The molecular formula is C18H21ClN2OS2. The van der Waals surface area contributed by atoms with Crippen LogP contribution in [0.15, 0.2) is 22.6 Å². The van der Waals surface area contributed by atoms with Crippen molar-refractivity contribution in [3.63, 3.8) is 0 Å². The fourth-order valence-electron chi connectivity index (χ4n) is 3.05. The van der Waals surface area contributed by atoms with E-state index in [1.807, 2.05) is 17.5 Å². The van der Waals surface area contributed by atoms with Gasteiger partial charge in [0.2, 0.25) is 0 Å². The Kier molecular flexibility index (Phi) is 5.13. The van der Waals surface area contributed by atoms with E-state index in [2.05, 4.69) is 31.3 Å². The lowest BCUT2D eigenvalue weighted by Crippen LogP contribution is -2.27. The number of nitrogens with one attached hydrogen (secondary N) is 1. The fourth-order valence-corrected chi connectivity index (χ4v) is 5.15. The summed E-state index contributed by atoms with van der Waals surface area (Å²) < 4.78 is 0.711. The molecule has 128 valence electrons. The molecule has 2 aromatic heterocycles. The van der Waals surface area contributed by atoms with Crippen molar-refractivity contribution in [3.05, 3.63) is 42.7 Å². The van der Waals surface area contributed by atoms with Gasteiger partial charge in [-0.3, -0.25) is 4.79 Å². The molecule has 0 aromatic carbocycles. The Balaban J connectivity index is 1.67. The third kappa shape index (κ3) is 3.90. The highest BCUT2D eigenvalue weighted by Gasteiger charge is 2.31. The molecule has 0 saturated carbocycles. The summed E-state index contributed by atoms with van der Waals surface area (Å²) in [4.78, 5) is 14.7. The van der Waals surface area contributed by atoms with E-state index in [4.69, 9.17) is 11.6 Å². The molecule has 1 amide bonds. The maximum absolute atomic E-state index is 12.4. The van der Waals surface area contributed by atoms with Crippen LogP contribution in [0.5, 0.6) is 0 Å². The number of halogens is 1. The van der Waals surface area contributed by atoms with Crippen LogP contribution in [0.2, 0.25) is 4.34 Å². The summed E-state index contributed by atoms with van der Waals surface area (Å²) in [6, 6.07) is 3.69. The van der Waals surface area contributed by atoms with Gasteiger partial charge in [-0.15, -0.1) is 22.7 Å². The van der Waals surface area contributed by atoms with Gasteiger partial charge in [0.05, 0.1) is 16.1 Å². The van der Waals surface area contributed by atoms with Crippen LogP contribution < -0.4 is 5.43 Å². The first-order valence-corrected chi connectivity index (χ1v) is 10.1. The van der Waals surface area contributed by atoms with E-state index in [1.54, 1.807) is 17.6 Å². The predicted octanol–water partition coefficient (Wildman–Crippen LogP) is 5.38. The zero-order valence-corrected chi connectivity index (χ0v) is 16.4. The minimum Gasteiger partial charge on any atom is -0.267 e. The van der Waals surface area contributed by atoms with Crippen LogP contribution in [0.25, 0.3) is 0 Å². The van der Waals surface area contributed by atoms with Gasteiger partial charge < -0.3 is 0 Å². The molecule has 3 rings (SSSR count). The Morgan fingerprint density at radius 3 is 2.88 bits per heavy atom. The molecule has 0 aliphatic heterocycles. The minimum absolute atomic E-state index is 0.124. The molecule has 6 heteroatoms. The Labute approximate surface area is 155 Å². The van der Waals surface area contributed by atoms with Crippen LogP contribution in [0.1, 0.15) is 52.9 Å². The Hall–Kier alpha value is -1.17. The molecule has 2 aromatic rings. The van der Waals surface area contributed by atoms with Crippen molar-refractivity contribution < 1.29 is 4.79 Å². The van der Waals surface area contributed by atoms with Gasteiger partial charge in [0.15, 0.2) is 0 Å². The van der Waals surface area contributed by atoms with Crippen LogP contribution in [-0.2, 0) is 12.8 Å². The van der Waals surface area contributed by atoms with Crippen molar-refractivity contribution in [3.8, 4) is 0 Å². The van der Waals surface area contributed by atoms with E-state index in [1.165, 1.54) is 21.8 Å². The number of amides is 1. The summed E-state index contributed by atoms with van der Waals surface area (Å²) >= 11 is 9.01. The number of rotatable bonds is 3. The van der Waals surface area contributed by atoms with Crippen molar-refractivity contribution in [2.45, 2.75) is 40.0 Å². The van der Waals surface area contributed by atoms with E-state index in [0.717, 1.165) is 29.7 Å². The number of hydrogen-bond donors (Lipinski definition) is 1. The van der Waals surface area contributed by atoms with Gasteiger partial charge in [0.1, 0.15) is 0 Å². The van der Waals surface area contributed by atoms with Crippen LogP contribution in [0.4, 0.5) is 0 Å². The van der Waals surface area contributed by atoms with Gasteiger partial charge in [-0.2, -0.15) is 5.10 Å². The second kappa shape index (κ2) is 6.98. The van der Waals surface area contributed by atoms with E-state index >= 15 is 0 Å². The molecule has 0 fully saturated rings. The lowest BCUT2D eigenvalue weighted by atomic mass is 9.72. The normalized spacial score (nSPS) is 17.9. The topological polar surface area (TPSA) is 41.5 Å². The first kappa shape index (κ1) is 17.6. The van der Waals surface area contributed by atoms with Crippen molar-refractivity contribution in [2.75, 3.05) is 0 Å². The third-order valence-corrected chi connectivity index (χ3v) is 6.79. The molecule has 0 spiro atoms. The summed E-state index contributed by atoms with van der Waals surface area (Å²) in [6.45, 7) is 6.90. The number of hydrazone groups is 1. The molecule has 0 bridgehead atoms. The van der Waals surface area contributed by atoms with E-state index in [0.29, 0.717) is 15.7 Å². The summed E-state index contributed by atoms with van der Waals surface area (Å²) in [5, 5.41) is 6.02. The minimum atomic E-state index is -0.124. The number of fused-ring (bicyclic) bond motifs is 1. The number of nitrogens with zero attached hydrogens (tertiary/aromatic N) is 1. The molecule has 24 heavy (non-hydrogen) atoms. The zero-order valence-electron chi connectivity index (χ0n) is 14.1. The van der Waals surface area contributed by atoms with Gasteiger partial charge >= 0.3 is 0 Å². The molecular weight excluding hydrogens is 360 g/mol. The Morgan fingerprint density at radius 2 is 2.21 bits per heavy atom. The maximum atomic E-state index is 12.4. The Bertz CT molecular complexity index is 770.